The molecule has 1 aromatic heterocycles. The summed E-state index contributed by atoms with van der Waals surface area (Å²) < 4.78 is 14.3. The van der Waals surface area contributed by atoms with Gasteiger partial charge in [-0.15, -0.1) is 0 Å². The maximum atomic E-state index is 13.0. The van der Waals surface area contributed by atoms with Gasteiger partial charge in [0.2, 0.25) is 5.43 Å². The van der Waals surface area contributed by atoms with Crippen molar-refractivity contribution < 1.29 is 23.9 Å². The lowest BCUT2D eigenvalue weighted by molar-refractivity contribution is -0.131. The normalized spacial score (nSPS) is 19.6. The number of amides is 2. The van der Waals surface area contributed by atoms with Crippen LogP contribution in [0.2, 0.25) is 0 Å². The zero-order chi connectivity index (χ0) is 22.5. The van der Waals surface area contributed by atoms with E-state index >= 15 is 0 Å². The number of rotatable bonds is 3. The molecule has 1 saturated heterocycles. The Labute approximate surface area is 177 Å². The molecule has 2 amide bonds. The standard InChI is InChI=1S/C22H22FN3O5/c1-22(2)7-16(27)15-10-25-9-14(18(28)19(29)17(25)21(31)26(15)11-22)20(30)24-8-12-3-5-13(23)6-4-12/h3-6,9,15,29H,7-8,10-11H2,1-2H3,(H,24,30). The number of aromatic nitrogens is 1. The molecule has 3 heterocycles. The van der Waals surface area contributed by atoms with Crippen LogP contribution >= 0.6 is 0 Å². The highest BCUT2D eigenvalue weighted by Gasteiger charge is 2.46. The molecular formula is C22H22FN3O5. The molecule has 0 spiro atoms. The van der Waals surface area contributed by atoms with E-state index in [0.29, 0.717) is 18.5 Å². The lowest BCUT2D eigenvalue weighted by atomic mass is 9.79. The van der Waals surface area contributed by atoms with Crippen molar-refractivity contribution in [1.29, 1.82) is 0 Å². The largest absolute Gasteiger partial charge is 0.503 e. The Hall–Kier alpha value is -3.49. The number of benzene rings is 1. The summed E-state index contributed by atoms with van der Waals surface area (Å²) in [5.74, 6) is -2.67. The van der Waals surface area contributed by atoms with Crippen LogP contribution in [0.25, 0.3) is 0 Å². The first-order valence-corrected chi connectivity index (χ1v) is 9.90. The maximum absolute atomic E-state index is 13.0. The number of Topliss-reactive ketones (excluding diaryl/α,β-unsaturated/α-hetero) is 1. The molecule has 4 rings (SSSR count). The van der Waals surface area contributed by atoms with Gasteiger partial charge in [-0.1, -0.05) is 26.0 Å². The molecule has 8 nitrogen and oxygen atoms in total. The summed E-state index contributed by atoms with van der Waals surface area (Å²) in [5.41, 5.74) is -1.30. The monoisotopic (exact) mass is 427 g/mol. The molecule has 162 valence electrons. The number of halogens is 1. The van der Waals surface area contributed by atoms with E-state index in [-0.39, 0.29) is 30.1 Å². The summed E-state index contributed by atoms with van der Waals surface area (Å²) in [6.07, 6.45) is 1.52. The molecule has 1 aromatic carbocycles. The molecule has 1 atom stereocenters. The van der Waals surface area contributed by atoms with Crippen LogP contribution in [0, 0.1) is 11.2 Å². The highest BCUT2D eigenvalue weighted by molar-refractivity contribution is 6.02. The molecule has 0 bridgehead atoms. The second-order valence-electron chi connectivity index (χ2n) is 8.79. The van der Waals surface area contributed by atoms with Crippen molar-refractivity contribution in [3.63, 3.8) is 0 Å². The molecule has 2 aliphatic rings. The minimum Gasteiger partial charge on any atom is -0.503 e. The van der Waals surface area contributed by atoms with Gasteiger partial charge < -0.3 is 19.9 Å². The van der Waals surface area contributed by atoms with Crippen molar-refractivity contribution in [2.24, 2.45) is 5.41 Å². The smallest absolute Gasteiger partial charge is 0.275 e. The first kappa shape index (κ1) is 20.8. The molecule has 1 fully saturated rings. The summed E-state index contributed by atoms with van der Waals surface area (Å²) in [7, 11) is 0. The molecule has 2 N–H and O–H groups in total. The van der Waals surface area contributed by atoms with Gasteiger partial charge in [-0.25, -0.2) is 4.39 Å². The van der Waals surface area contributed by atoms with Crippen LogP contribution in [0.15, 0.2) is 35.3 Å². The molecule has 9 heteroatoms. The van der Waals surface area contributed by atoms with Gasteiger partial charge in [-0.05, 0) is 23.1 Å². The summed E-state index contributed by atoms with van der Waals surface area (Å²) in [5, 5.41) is 13.0. The SMILES string of the molecule is CC1(C)CC(=O)C2Cn3cc(C(=O)NCc4ccc(F)cc4)c(=O)c(O)c3C(=O)N2C1. The van der Waals surface area contributed by atoms with E-state index in [1.54, 1.807) is 0 Å². The first-order chi connectivity index (χ1) is 14.6. The Morgan fingerprint density at radius 3 is 2.58 bits per heavy atom. The number of carbonyl (C=O) groups excluding carboxylic acids is 3. The zero-order valence-electron chi connectivity index (χ0n) is 17.1. The van der Waals surface area contributed by atoms with Gasteiger partial charge in [-0.3, -0.25) is 19.2 Å². The van der Waals surface area contributed by atoms with Gasteiger partial charge in [-0.2, -0.15) is 0 Å². The molecule has 31 heavy (non-hydrogen) atoms. The molecular weight excluding hydrogens is 405 g/mol. The van der Waals surface area contributed by atoms with E-state index in [1.165, 1.54) is 39.9 Å². The van der Waals surface area contributed by atoms with Crippen LogP contribution in [0.5, 0.6) is 5.75 Å². The van der Waals surface area contributed by atoms with Gasteiger partial charge in [0.15, 0.2) is 17.2 Å². The Balaban J connectivity index is 1.64. The lowest BCUT2D eigenvalue weighted by Gasteiger charge is -2.45. The molecule has 2 aliphatic heterocycles. The fourth-order valence-corrected chi connectivity index (χ4v) is 4.19. The first-order valence-electron chi connectivity index (χ1n) is 9.90. The number of carbonyl (C=O) groups is 3. The van der Waals surface area contributed by atoms with Crippen LogP contribution in [0.3, 0.4) is 0 Å². The number of fused-ring (bicyclic) bond motifs is 2. The van der Waals surface area contributed by atoms with Gasteiger partial charge in [0.1, 0.15) is 17.4 Å². The van der Waals surface area contributed by atoms with E-state index in [0.717, 1.165) is 0 Å². The minimum atomic E-state index is -0.961. The Kier molecular flexibility index (Phi) is 4.91. The molecule has 0 aliphatic carbocycles. The van der Waals surface area contributed by atoms with Crippen LogP contribution in [0.4, 0.5) is 4.39 Å². The number of aromatic hydroxyl groups is 1. The molecule has 1 unspecified atom stereocenters. The van der Waals surface area contributed by atoms with Gasteiger partial charge >= 0.3 is 0 Å². The fourth-order valence-electron chi connectivity index (χ4n) is 4.19. The lowest BCUT2D eigenvalue weighted by Crippen LogP contribution is -2.59. The summed E-state index contributed by atoms with van der Waals surface area (Å²) in [6, 6.07) is 4.79. The van der Waals surface area contributed by atoms with Crippen molar-refractivity contribution in [2.75, 3.05) is 6.54 Å². The quantitative estimate of drug-likeness (QED) is 0.771. The van der Waals surface area contributed by atoms with Crippen molar-refractivity contribution in [2.45, 2.75) is 39.4 Å². The van der Waals surface area contributed by atoms with E-state index in [2.05, 4.69) is 5.32 Å². The Bertz CT molecular complexity index is 1150. The average Bonchev–Trinajstić information content (AvgIpc) is 2.70. The summed E-state index contributed by atoms with van der Waals surface area (Å²) in [4.78, 5) is 52.2. The molecule has 0 radical (unpaired) electrons. The van der Waals surface area contributed by atoms with Gasteiger partial charge in [0.05, 0.1) is 6.54 Å². The number of piperidine rings is 1. The zero-order valence-corrected chi connectivity index (χ0v) is 17.1. The number of nitrogens with one attached hydrogen (secondary N) is 1. The maximum Gasteiger partial charge on any atom is 0.275 e. The van der Waals surface area contributed by atoms with Crippen LogP contribution < -0.4 is 10.7 Å². The fraction of sp³-hybridized carbons (Fsp3) is 0.364. The topological polar surface area (TPSA) is 109 Å². The van der Waals surface area contributed by atoms with E-state index < -0.39 is 40.3 Å². The minimum absolute atomic E-state index is 0.0456. The third kappa shape index (κ3) is 3.71. The van der Waals surface area contributed by atoms with E-state index in [1.807, 2.05) is 13.8 Å². The van der Waals surface area contributed by atoms with Gasteiger partial charge in [0.25, 0.3) is 11.8 Å². The summed E-state index contributed by atoms with van der Waals surface area (Å²) >= 11 is 0. The molecule has 2 aromatic rings. The van der Waals surface area contributed by atoms with Crippen molar-refractivity contribution in [3.05, 3.63) is 63.3 Å². The third-order valence-corrected chi connectivity index (χ3v) is 5.70. The number of hydrogen-bond donors (Lipinski definition) is 2. The predicted molar refractivity (Wildman–Crippen MR) is 108 cm³/mol. The van der Waals surface area contributed by atoms with Crippen LogP contribution in [-0.4, -0.2) is 44.8 Å². The predicted octanol–water partition coefficient (Wildman–Crippen LogP) is 1.45. The molecule has 0 saturated carbocycles. The highest BCUT2D eigenvalue weighted by atomic mass is 19.1. The van der Waals surface area contributed by atoms with Crippen LogP contribution in [0.1, 0.15) is 46.7 Å². The number of nitrogens with zero attached hydrogens (tertiary/aromatic N) is 2. The third-order valence-electron chi connectivity index (χ3n) is 5.70. The second-order valence-corrected chi connectivity index (χ2v) is 8.79. The van der Waals surface area contributed by atoms with Crippen molar-refractivity contribution in [1.82, 2.24) is 14.8 Å². The van der Waals surface area contributed by atoms with E-state index in [9.17, 15) is 28.7 Å². The van der Waals surface area contributed by atoms with Crippen molar-refractivity contribution >= 4 is 17.6 Å². The average molecular weight is 427 g/mol. The van der Waals surface area contributed by atoms with E-state index in [4.69, 9.17) is 0 Å². The van der Waals surface area contributed by atoms with Gasteiger partial charge in [0, 0.05) is 25.7 Å². The number of ketones is 1. The van der Waals surface area contributed by atoms with Crippen LogP contribution in [-0.2, 0) is 17.9 Å². The number of hydrogen-bond acceptors (Lipinski definition) is 5. The van der Waals surface area contributed by atoms with Crippen molar-refractivity contribution in [3.8, 4) is 5.75 Å². The Morgan fingerprint density at radius 1 is 1.23 bits per heavy atom. The number of pyridine rings is 1. The highest BCUT2D eigenvalue weighted by Crippen LogP contribution is 2.34. The Morgan fingerprint density at radius 2 is 1.90 bits per heavy atom. The summed E-state index contributed by atoms with van der Waals surface area (Å²) in [6.45, 7) is 4.19. The second kappa shape index (κ2) is 7.33.